The van der Waals surface area contributed by atoms with Gasteiger partial charge in [-0.05, 0) is 62.7 Å². The molecule has 0 fully saturated rings. The summed E-state index contributed by atoms with van der Waals surface area (Å²) in [7, 11) is 1.57. The summed E-state index contributed by atoms with van der Waals surface area (Å²) in [5.41, 5.74) is 2.21. The van der Waals surface area contributed by atoms with Crippen LogP contribution in [0, 0.1) is 6.92 Å². The van der Waals surface area contributed by atoms with Crippen molar-refractivity contribution in [2.75, 3.05) is 17.3 Å². The summed E-state index contributed by atoms with van der Waals surface area (Å²) < 4.78 is 5.26. The van der Waals surface area contributed by atoms with Crippen molar-refractivity contribution in [1.82, 2.24) is 10.3 Å². The molecule has 0 aliphatic heterocycles. The second kappa shape index (κ2) is 12.5. The van der Waals surface area contributed by atoms with Crippen LogP contribution < -0.4 is 20.3 Å². The number of nitrogens with zero attached hydrogens (tertiary/aromatic N) is 2. The van der Waals surface area contributed by atoms with E-state index in [1.807, 2.05) is 32.9 Å². The molecule has 0 unspecified atom stereocenters. The molecule has 36 heavy (non-hydrogen) atoms. The van der Waals surface area contributed by atoms with Crippen molar-refractivity contribution in [2.45, 2.75) is 45.7 Å². The van der Waals surface area contributed by atoms with E-state index in [2.05, 4.69) is 15.6 Å². The maximum atomic E-state index is 13.6. The van der Waals surface area contributed by atoms with Gasteiger partial charge in [0.25, 0.3) is 0 Å². The van der Waals surface area contributed by atoms with Gasteiger partial charge in [-0.25, -0.2) is 4.98 Å². The highest BCUT2D eigenvalue weighted by Gasteiger charge is 2.33. The Labute approximate surface area is 211 Å². The van der Waals surface area contributed by atoms with Crippen molar-refractivity contribution >= 4 is 29.2 Å². The number of nitrogens with one attached hydrogen (secondary N) is 2. The molecule has 8 nitrogen and oxygen atoms in total. The number of aromatic nitrogens is 1. The fraction of sp³-hybridized carbons (Fsp3) is 0.286. The van der Waals surface area contributed by atoms with E-state index in [0.717, 1.165) is 5.56 Å². The number of carbonyl (C=O) groups is 3. The third kappa shape index (κ3) is 7.15. The number of aryl methyl sites for hydroxylation is 1. The first-order chi connectivity index (χ1) is 17.3. The molecule has 3 amide bonds. The van der Waals surface area contributed by atoms with Crippen molar-refractivity contribution < 1.29 is 19.1 Å². The Hall–Kier alpha value is -4.20. The smallest absolute Gasteiger partial charge is 0.248 e. The SMILES string of the molecule is COc1ccc([C@H](C(=O)NC(C)C)N(C(=O)CCC(=O)Nc2ccccn2)c2ccc(C)cc2)cc1. The Morgan fingerprint density at radius 1 is 0.944 bits per heavy atom. The van der Waals surface area contributed by atoms with Gasteiger partial charge >= 0.3 is 0 Å². The molecule has 1 aromatic heterocycles. The molecule has 2 N–H and O–H groups in total. The molecule has 188 valence electrons. The Bertz CT molecular complexity index is 1160. The minimum absolute atomic E-state index is 0.0566. The molecule has 3 aromatic rings. The fourth-order valence-corrected chi connectivity index (χ4v) is 3.69. The number of anilines is 2. The van der Waals surface area contributed by atoms with Gasteiger partial charge in [-0.15, -0.1) is 0 Å². The van der Waals surface area contributed by atoms with Gasteiger partial charge in [0.05, 0.1) is 7.11 Å². The second-order valence-corrected chi connectivity index (χ2v) is 8.70. The normalized spacial score (nSPS) is 11.5. The van der Waals surface area contributed by atoms with E-state index in [1.54, 1.807) is 67.9 Å². The average Bonchev–Trinajstić information content (AvgIpc) is 2.87. The van der Waals surface area contributed by atoms with Gasteiger partial charge in [-0.3, -0.25) is 19.3 Å². The van der Waals surface area contributed by atoms with E-state index in [9.17, 15) is 14.4 Å². The molecule has 0 saturated carbocycles. The number of pyridine rings is 1. The Balaban J connectivity index is 1.93. The number of carbonyl (C=O) groups excluding carboxylic acids is 3. The summed E-state index contributed by atoms with van der Waals surface area (Å²) in [6.07, 6.45) is 1.43. The molecule has 0 radical (unpaired) electrons. The summed E-state index contributed by atoms with van der Waals surface area (Å²) in [6.45, 7) is 5.68. The summed E-state index contributed by atoms with van der Waals surface area (Å²) in [5, 5.41) is 5.62. The van der Waals surface area contributed by atoms with Crippen LogP contribution in [0.25, 0.3) is 0 Å². The van der Waals surface area contributed by atoms with Gasteiger partial charge < -0.3 is 15.4 Å². The number of methoxy groups -OCH3 is 1. The summed E-state index contributed by atoms with van der Waals surface area (Å²) in [6, 6.07) is 18.5. The summed E-state index contributed by atoms with van der Waals surface area (Å²) in [5.74, 6) is 0.0502. The maximum absolute atomic E-state index is 13.6. The van der Waals surface area contributed by atoms with Crippen LogP contribution in [0.2, 0.25) is 0 Å². The van der Waals surface area contributed by atoms with Gasteiger partial charge in [0.1, 0.15) is 17.6 Å². The van der Waals surface area contributed by atoms with E-state index < -0.39 is 6.04 Å². The first-order valence-electron chi connectivity index (χ1n) is 11.8. The number of hydrogen-bond donors (Lipinski definition) is 2. The number of rotatable bonds is 10. The predicted octanol–water partition coefficient (Wildman–Crippen LogP) is 4.42. The quantitative estimate of drug-likeness (QED) is 0.440. The van der Waals surface area contributed by atoms with Gasteiger partial charge in [-0.1, -0.05) is 35.9 Å². The highest BCUT2D eigenvalue weighted by atomic mass is 16.5. The lowest BCUT2D eigenvalue weighted by atomic mass is 10.0. The summed E-state index contributed by atoms with van der Waals surface area (Å²) >= 11 is 0. The lowest BCUT2D eigenvalue weighted by Gasteiger charge is -2.32. The highest BCUT2D eigenvalue weighted by molar-refractivity contribution is 6.03. The molecule has 3 rings (SSSR count). The van der Waals surface area contributed by atoms with Crippen LogP contribution in [-0.2, 0) is 14.4 Å². The molecule has 1 heterocycles. The third-order valence-electron chi connectivity index (χ3n) is 5.45. The molecule has 0 spiro atoms. The predicted molar refractivity (Wildman–Crippen MR) is 140 cm³/mol. The molecule has 0 bridgehead atoms. The Kier molecular flexibility index (Phi) is 9.16. The first kappa shape index (κ1) is 26.4. The van der Waals surface area contributed by atoms with E-state index in [4.69, 9.17) is 4.74 Å². The summed E-state index contributed by atoms with van der Waals surface area (Å²) in [4.78, 5) is 45.1. The lowest BCUT2D eigenvalue weighted by molar-refractivity contribution is -0.127. The zero-order valence-electron chi connectivity index (χ0n) is 21.0. The number of hydrogen-bond acceptors (Lipinski definition) is 5. The van der Waals surface area contributed by atoms with Crippen LogP contribution in [0.3, 0.4) is 0 Å². The maximum Gasteiger partial charge on any atom is 0.248 e. The monoisotopic (exact) mass is 488 g/mol. The van der Waals surface area contributed by atoms with Crippen LogP contribution in [0.15, 0.2) is 72.9 Å². The van der Waals surface area contributed by atoms with Crippen LogP contribution in [0.5, 0.6) is 5.75 Å². The largest absolute Gasteiger partial charge is 0.497 e. The molecule has 1 atom stereocenters. The van der Waals surface area contributed by atoms with Crippen LogP contribution in [0.4, 0.5) is 11.5 Å². The molecule has 0 saturated heterocycles. The first-order valence-corrected chi connectivity index (χ1v) is 11.8. The van der Waals surface area contributed by atoms with Gasteiger partial charge in [0.15, 0.2) is 0 Å². The Morgan fingerprint density at radius 3 is 2.22 bits per heavy atom. The van der Waals surface area contributed by atoms with E-state index in [0.29, 0.717) is 22.8 Å². The van der Waals surface area contributed by atoms with Gasteiger partial charge in [0.2, 0.25) is 17.7 Å². The molecule has 2 aromatic carbocycles. The van der Waals surface area contributed by atoms with Gasteiger partial charge in [-0.2, -0.15) is 0 Å². The average molecular weight is 489 g/mol. The number of amides is 3. The Morgan fingerprint density at radius 2 is 1.64 bits per heavy atom. The van der Waals surface area contributed by atoms with E-state index in [1.165, 1.54) is 4.90 Å². The lowest BCUT2D eigenvalue weighted by Crippen LogP contribution is -2.46. The van der Waals surface area contributed by atoms with Crippen molar-refractivity contribution in [3.63, 3.8) is 0 Å². The minimum atomic E-state index is -0.938. The zero-order chi connectivity index (χ0) is 26.1. The second-order valence-electron chi connectivity index (χ2n) is 8.70. The van der Waals surface area contributed by atoms with Crippen LogP contribution in [-0.4, -0.2) is 35.9 Å². The van der Waals surface area contributed by atoms with Crippen molar-refractivity contribution in [3.05, 3.63) is 84.1 Å². The standard InChI is InChI=1S/C28H32N4O4/c1-19(2)30-28(35)27(21-10-14-23(36-4)15-11-21)32(22-12-8-20(3)9-13-22)26(34)17-16-25(33)31-24-7-5-6-18-29-24/h5-15,18-19,27H,16-17H2,1-4H3,(H,30,35)(H,29,31,33)/t27-/m1/s1. The number of benzene rings is 2. The zero-order valence-corrected chi connectivity index (χ0v) is 21.0. The van der Waals surface area contributed by atoms with Crippen LogP contribution >= 0.6 is 0 Å². The van der Waals surface area contributed by atoms with Crippen molar-refractivity contribution in [2.24, 2.45) is 0 Å². The highest BCUT2D eigenvalue weighted by Crippen LogP contribution is 2.30. The van der Waals surface area contributed by atoms with E-state index in [-0.39, 0.29) is 36.6 Å². The molecule has 0 aliphatic rings. The van der Waals surface area contributed by atoms with Crippen molar-refractivity contribution in [3.8, 4) is 5.75 Å². The molecular formula is C28H32N4O4. The van der Waals surface area contributed by atoms with Gasteiger partial charge in [0, 0.05) is 30.8 Å². The topological polar surface area (TPSA) is 101 Å². The fourth-order valence-electron chi connectivity index (χ4n) is 3.69. The van der Waals surface area contributed by atoms with Crippen LogP contribution in [0.1, 0.15) is 43.9 Å². The molecular weight excluding hydrogens is 456 g/mol. The number of ether oxygens (including phenoxy) is 1. The van der Waals surface area contributed by atoms with Crippen molar-refractivity contribution in [1.29, 1.82) is 0 Å². The molecule has 0 aliphatic carbocycles. The van der Waals surface area contributed by atoms with E-state index >= 15 is 0 Å². The molecule has 8 heteroatoms. The minimum Gasteiger partial charge on any atom is -0.497 e. The third-order valence-corrected chi connectivity index (χ3v) is 5.45.